The van der Waals surface area contributed by atoms with Gasteiger partial charge < -0.3 is 9.80 Å². The average Bonchev–Trinajstić information content (AvgIpc) is 3.18. The molecule has 0 bridgehead atoms. The van der Waals surface area contributed by atoms with E-state index in [-0.39, 0.29) is 23.3 Å². The van der Waals surface area contributed by atoms with E-state index in [0.29, 0.717) is 25.9 Å². The SMILES string of the molecule is O=C(CC1CCS(=O)(=O)C1)N1CCN(c2nc3ccccc3s2)CC1. The first kappa shape index (κ1) is 16.8. The molecule has 4 rings (SSSR count). The molecule has 0 aliphatic carbocycles. The lowest BCUT2D eigenvalue weighted by atomic mass is 10.0. The summed E-state index contributed by atoms with van der Waals surface area (Å²) in [5.74, 6) is 0.492. The number of piperazine rings is 1. The molecule has 2 saturated heterocycles. The average molecular weight is 380 g/mol. The molecule has 1 atom stereocenters. The lowest BCUT2D eigenvalue weighted by Crippen LogP contribution is -2.49. The summed E-state index contributed by atoms with van der Waals surface area (Å²) in [7, 11) is -2.92. The summed E-state index contributed by atoms with van der Waals surface area (Å²) in [6.07, 6.45) is 0.986. The van der Waals surface area contributed by atoms with Gasteiger partial charge in [-0.1, -0.05) is 23.5 Å². The molecule has 2 aliphatic heterocycles. The smallest absolute Gasteiger partial charge is 0.223 e. The Balaban J connectivity index is 1.34. The Bertz CT molecular complexity index is 852. The number of nitrogens with zero attached hydrogens (tertiary/aromatic N) is 3. The van der Waals surface area contributed by atoms with Crippen molar-refractivity contribution in [1.82, 2.24) is 9.88 Å². The summed E-state index contributed by atoms with van der Waals surface area (Å²) in [5, 5.41) is 1.01. The predicted octanol–water partition coefficient (Wildman–Crippen LogP) is 1.77. The van der Waals surface area contributed by atoms with Crippen molar-refractivity contribution in [3.8, 4) is 0 Å². The van der Waals surface area contributed by atoms with Gasteiger partial charge in [-0.25, -0.2) is 13.4 Å². The topological polar surface area (TPSA) is 70.6 Å². The van der Waals surface area contributed by atoms with Crippen molar-refractivity contribution in [3.05, 3.63) is 24.3 Å². The fourth-order valence-electron chi connectivity index (χ4n) is 3.55. The van der Waals surface area contributed by atoms with Crippen LogP contribution in [0.25, 0.3) is 10.2 Å². The van der Waals surface area contributed by atoms with Gasteiger partial charge in [0.1, 0.15) is 0 Å². The zero-order valence-electron chi connectivity index (χ0n) is 13.9. The standard InChI is InChI=1S/C17H21N3O3S2/c21-16(11-13-5-10-25(22,23)12-13)19-6-8-20(9-7-19)17-18-14-3-1-2-4-15(14)24-17/h1-4,13H,5-12H2. The molecular formula is C17H21N3O3S2. The number of amides is 1. The Morgan fingerprint density at radius 2 is 1.96 bits per heavy atom. The van der Waals surface area contributed by atoms with E-state index in [4.69, 9.17) is 0 Å². The molecule has 8 heteroatoms. The molecule has 2 fully saturated rings. The summed E-state index contributed by atoms with van der Waals surface area (Å²) in [4.78, 5) is 21.2. The van der Waals surface area contributed by atoms with Gasteiger partial charge in [0.25, 0.3) is 0 Å². The minimum atomic E-state index is -2.92. The summed E-state index contributed by atoms with van der Waals surface area (Å²) in [6, 6.07) is 8.10. The summed E-state index contributed by atoms with van der Waals surface area (Å²) in [5.41, 5.74) is 1.02. The van der Waals surface area contributed by atoms with Crippen LogP contribution in [0.5, 0.6) is 0 Å². The van der Waals surface area contributed by atoms with E-state index in [0.717, 1.165) is 23.7 Å². The summed E-state index contributed by atoms with van der Waals surface area (Å²) in [6.45, 7) is 2.89. The second-order valence-electron chi connectivity index (χ2n) is 6.81. The Morgan fingerprint density at radius 1 is 1.20 bits per heavy atom. The van der Waals surface area contributed by atoms with Gasteiger partial charge in [-0.2, -0.15) is 0 Å². The Hall–Kier alpha value is -1.67. The van der Waals surface area contributed by atoms with Gasteiger partial charge in [0.15, 0.2) is 15.0 Å². The highest BCUT2D eigenvalue weighted by molar-refractivity contribution is 7.91. The number of para-hydroxylation sites is 1. The van der Waals surface area contributed by atoms with Crippen molar-refractivity contribution in [3.63, 3.8) is 0 Å². The van der Waals surface area contributed by atoms with Crippen LogP contribution in [0.1, 0.15) is 12.8 Å². The van der Waals surface area contributed by atoms with Crippen LogP contribution in [-0.2, 0) is 14.6 Å². The Labute approximate surface area is 151 Å². The first-order valence-corrected chi connectivity index (χ1v) is 11.2. The number of anilines is 1. The molecule has 1 unspecified atom stereocenters. The second kappa shape index (κ2) is 6.57. The molecule has 1 amide bonds. The van der Waals surface area contributed by atoms with Crippen molar-refractivity contribution in [1.29, 1.82) is 0 Å². The van der Waals surface area contributed by atoms with E-state index in [1.54, 1.807) is 11.3 Å². The van der Waals surface area contributed by atoms with Crippen LogP contribution in [0.2, 0.25) is 0 Å². The summed E-state index contributed by atoms with van der Waals surface area (Å²) < 4.78 is 24.2. The Kier molecular flexibility index (Phi) is 4.41. The molecule has 134 valence electrons. The highest BCUT2D eigenvalue weighted by atomic mass is 32.2. The van der Waals surface area contributed by atoms with Gasteiger partial charge in [0.05, 0.1) is 21.7 Å². The molecule has 0 spiro atoms. The van der Waals surface area contributed by atoms with E-state index in [1.807, 2.05) is 23.1 Å². The number of rotatable bonds is 3. The predicted molar refractivity (Wildman–Crippen MR) is 99.8 cm³/mol. The molecule has 1 aromatic carbocycles. The third kappa shape index (κ3) is 3.64. The van der Waals surface area contributed by atoms with E-state index < -0.39 is 9.84 Å². The lowest BCUT2D eigenvalue weighted by Gasteiger charge is -2.35. The molecule has 2 aliphatic rings. The number of hydrogen-bond acceptors (Lipinski definition) is 6. The number of benzene rings is 1. The van der Waals surface area contributed by atoms with Crippen LogP contribution < -0.4 is 4.90 Å². The highest BCUT2D eigenvalue weighted by Gasteiger charge is 2.31. The maximum absolute atomic E-state index is 12.4. The van der Waals surface area contributed by atoms with Gasteiger partial charge >= 0.3 is 0 Å². The van der Waals surface area contributed by atoms with Crippen molar-refractivity contribution >= 4 is 42.4 Å². The largest absolute Gasteiger partial charge is 0.345 e. The van der Waals surface area contributed by atoms with Gasteiger partial charge in [-0.05, 0) is 24.5 Å². The van der Waals surface area contributed by atoms with Crippen LogP contribution in [0.3, 0.4) is 0 Å². The van der Waals surface area contributed by atoms with Crippen LogP contribution >= 0.6 is 11.3 Å². The van der Waals surface area contributed by atoms with E-state index >= 15 is 0 Å². The number of fused-ring (bicyclic) bond motifs is 1. The third-order valence-electron chi connectivity index (χ3n) is 4.98. The molecule has 1 aromatic heterocycles. The number of carbonyl (C=O) groups excluding carboxylic acids is 1. The zero-order chi connectivity index (χ0) is 17.4. The van der Waals surface area contributed by atoms with E-state index in [2.05, 4.69) is 16.0 Å². The monoisotopic (exact) mass is 379 g/mol. The lowest BCUT2D eigenvalue weighted by molar-refractivity contribution is -0.132. The van der Waals surface area contributed by atoms with E-state index in [9.17, 15) is 13.2 Å². The highest BCUT2D eigenvalue weighted by Crippen LogP contribution is 2.29. The van der Waals surface area contributed by atoms with Crippen molar-refractivity contribution in [2.24, 2.45) is 5.92 Å². The third-order valence-corrected chi connectivity index (χ3v) is 7.91. The number of carbonyl (C=O) groups is 1. The van der Waals surface area contributed by atoms with Crippen molar-refractivity contribution < 1.29 is 13.2 Å². The maximum atomic E-state index is 12.4. The van der Waals surface area contributed by atoms with Crippen molar-refractivity contribution in [2.45, 2.75) is 12.8 Å². The van der Waals surface area contributed by atoms with Gasteiger partial charge in [0, 0.05) is 32.6 Å². The maximum Gasteiger partial charge on any atom is 0.223 e. The second-order valence-corrected chi connectivity index (χ2v) is 10.0. The first-order valence-electron chi connectivity index (χ1n) is 8.59. The quantitative estimate of drug-likeness (QED) is 0.813. The molecule has 0 radical (unpaired) electrons. The zero-order valence-corrected chi connectivity index (χ0v) is 15.6. The van der Waals surface area contributed by atoms with Crippen LogP contribution in [0.15, 0.2) is 24.3 Å². The van der Waals surface area contributed by atoms with Crippen LogP contribution in [0.4, 0.5) is 5.13 Å². The number of hydrogen-bond donors (Lipinski definition) is 0. The number of thiazole rings is 1. The minimum absolute atomic E-state index is 0.000193. The number of aromatic nitrogens is 1. The Morgan fingerprint density at radius 3 is 2.64 bits per heavy atom. The van der Waals surface area contributed by atoms with Gasteiger partial charge in [-0.15, -0.1) is 0 Å². The fraction of sp³-hybridized carbons (Fsp3) is 0.529. The summed E-state index contributed by atoms with van der Waals surface area (Å²) >= 11 is 1.68. The van der Waals surface area contributed by atoms with Crippen molar-refractivity contribution in [2.75, 3.05) is 42.6 Å². The van der Waals surface area contributed by atoms with E-state index in [1.165, 1.54) is 4.70 Å². The fourth-order valence-corrected chi connectivity index (χ4v) is 6.43. The first-order chi connectivity index (χ1) is 12.0. The minimum Gasteiger partial charge on any atom is -0.345 e. The normalized spacial score (nSPS) is 23.3. The number of sulfone groups is 1. The van der Waals surface area contributed by atoms with Gasteiger partial charge in [0.2, 0.25) is 5.91 Å². The molecule has 25 heavy (non-hydrogen) atoms. The molecule has 6 nitrogen and oxygen atoms in total. The van der Waals surface area contributed by atoms with Crippen LogP contribution in [0, 0.1) is 5.92 Å². The molecule has 0 N–H and O–H groups in total. The molecule has 2 aromatic rings. The molecule has 0 saturated carbocycles. The van der Waals surface area contributed by atoms with Gasteiger partial charge in [-0.3, -0.25) is 4.79 Å². The molecular weight excluding hydrogens is 358 g/mol. The van der Waals surface area contributed by atoms with Crippen LogP contribution in [-0.4, -0.2) is 61.9 Å². The molecule has 3 heterocycles.